The SMILES string of the molecule is CC[C@@](O)(CC(C)N(C)C)c1cccc(OC)c1. The van der Waals surface area contributed by atoms with Crippen LogP contribution in [0.2, 0.25) is 0 Å². The normalized spacial score (nSPS) is 16.4. The van der Waals surface area contributed by atoms with E-state index in [9.17, 15) is 5.11 Å². The molecule has 102 valence electrons. The van der Waals surface area contributed by atoms with E-state index >= 15 is 0 Å². The lowest BCUT2D eigenvalue weighted by Gasteiger charge is -2.33. The van der Waals surface area contributed by atoms with Crippen molar-refractivity contribution >= 4 is 0 Å². The van der Waals surface area contributed by atoms with Crippen molar-refractivity contribution in [1.29, 1.82) is 0 Å². The molecule has 1 aromatic rings. The summed E-state index contributed by atoms with van der Waals surface area (Å²) in [5, 5.41) is 10.8. The molecule has 0 aliphatic rings. The molecule has 1 unspecified atom stereocenters. The molecule has 3 nitrogen and oxygen atoms in total. The predicted molar refractivity (Wildman–Crippen MR) is 74.9 cm³/mol. The third-order valence-corrected chi connectivity index (χ3v) is 3.71. The van der Waals surface area contributed by atoms with Gasteiger partial charge in [-0.1, -0.05) is 19.1 Å². The third kappa shape index (κ3) is 3.47. The van der Waals surface area contributed by atoms with Gasteiger partial charge < -0.3 is 14.7 Å². The van der Waals surface area contributed by atoms with Gasteiger partial charge in [-0.25, -0.2) is 0 Å². The van der Waals surface area contributed by atoms with E-state index in [1.807, 2.05) is 45.3 Å². The number of hydrogen-bond acceptors (Lipinski definition) is 3. The van der Waals surface area contributed by atoms with E-state index in [1.165, 1.54) is 0 Å². The second kappa shape index (κ2) is 6.21. The maximum Gasteiger partial charge on any atom is 0.119 e. The van der Waals surface area contributed by atoms with Crippen molar-refractivity contribution in [2.75, 3.05) is 21.2 Å². The quantitative estimate of drug-likeness (QED) is 0.843. The number of hydrogen-bond donors (Lipinski definition) is 1. The first-order valence-corrected chi connectivity index (χ1v) is 6.46. The van der Waals surface area contributed by atoms with E-state index in [1.54, 1.807) is 7.11 Å². The van der Waals surface area contributed by atoms with Gasteiger partial charge in [0.2, 0.25) is 0 Å². The van der Waals surface area contributed by atoms with Crippen LogP contribution in [0.4, 0.5) is 0 Å². The first-order chi connectivity index (χ1) is 8.42. The summed E-state index contributed by atoms with van der Waals surface area (Å²) in [6.07, 6.45) is 1.40. The third-order valence-electron chi connectivity index (χ3n) is 3.71. The van der Waals surface area contributed by atoms with Crippen molar-refractivity contribution in [3.63, 3.8) is 0 Å². The molecule has 0 heterocycles. The smallest absolute Gasteiger partial charge is 0.119 e. The minimum atomic E-state index is -0.793. The number of nitrogens with zero attached hydrogens (tertiary/aromatic N) is 1. The zero-order valence-corrected chi connectivity index (χ0v) is 12.1. The highest BCUT2D eigenvalue weighted by Gasteiger charge is 2.30. The molecule has 18 heavy (non-hydrogen) atoms. The van der Waals surface area contributed by atoms with E-state index in [4.69, 9.17) is 4.74 Å². The van der Waals surface area contributed by atoms with Crippen molar-refractivity contribution in [3.05, 3.63) is 29.8 Å². The van der Waals surface area contributed by atoms with Crippen molar-refractivity contribution in [1.82, 2.24) is 4.90 Å². The Kier molecular flexibility index (Phi) is 5.17. The minimum absolute atomic E-state index is 0.321. The lowest BCUT2D eigenvalue weighted by molar-refractivity contribution is 0.00339. The van der Waals surface area contributed by atoms with E-state index in [2.05, 4.69) is 11.8 Å². The van der Waals surface area contributed by atoms with Crippen molar-refractivity contribution in [3.8, 4) is 5.75 Å². The summed E-state index contributed by atoms with van der Waals surface area (Å²) < 4.78 is 5.23. The molecular formula is C15H25NO2. The molecular weight excluding hydrogens is 226 g/mol. The molecule has 3 heteroatoms. The van der Waals surface area contributed by atoms with Crippen molar-refractivity contribution < 1.29 is 9.84 Å². The molecule has 0 fully saturated rings. The van der Waals surface area contributed by atoms with Crippen LogP contribution in [0.15, 0.2) is 24.3 Å². The molecule has 0 bridgehead atoms. The molecule has 2 atom stereocenters. The molecule has 0 radical (unpaired) electrons. The number of benzene rings is 1. The molecule has 1 N–H and O–H groups in total. The zero-order valence-electron chi connectivity index (χ0n) is 12.1. The van der Waals surface area contributed by atoms with Crippen LogP contribution in [0.5, 0.6) is 5.75 Å². The minimum Gasteiger partial charge on any atom is -0.497 e. The topological polar surface area (TPSA) is 32.7 Å². The summed E-state index contributed by atoms with van der Waals surface area (Å²) in [7, 11) is 5.71. The molecule has 0 aliphatic carbocycles. The summed E-state index contributed by atoms with van der Waals surface area (Å²) in [5.41, 5.74) is 0.135. The Bertz CT molecular complexity index is 379. The Balaban J connectivity index is 2.98. The molecule has 0 saturated carbocycles. The van der Waals surface area contributed by atoms with Gasteiger partial charge in [-0.2, -0.15) is 0 Å². The van der Waals surface area contributed by atoms with Crippen LogP contribution in [-0.4, -0.2) is 37.3 Å². The Morgan fingerprint density at radius 1 is 1.39 bits per heavy atom. The van der Waals surface area contributed by atoms with Crippen LogP contribution < -0.4 is 4.74 Å². The molecule has 0 aromatic heterocycles. The highest BCUT2D eigenvalue weighted by atomic mass is 16.5. The Morgan fingerprint density at radius 2 is 2.06 bits per heavy atom. The fourth-order valence-electron chi connectivity index (χ4n) is 2.05. The highest BCUT2D eigenvalue weighted by molar-refractivity contribution is 5.32. The predicted octanol–water partition coefficient (Wildman–Crippen LogP) is 2.63. The summed E-state index contributed by atoms with van der Waals surface area (Å²) in [6.45, 7) is 4.14. The fourth-order valence-corrected chi connectivity index (χ4v) is 2.05. The first-order valence-electron chi connectivity index (χ1n) is 6.46. The lowest BCUT2D eigenvalue weighted by Crippen LogP contribution is -2.35. The van der Waals surface area contributed by atoms with Crippen LogP contribution in [0.3, 0.4) is 0 Å². The second-order valence-electron chi connectivity index (χ2n) is 5.13. The maximum absolute atomic E-state index is 10.8. The van der Waals surface area contributed by atoms with Crippen molar-refractivity contribution in [2.24, 2.45) is 0 Å². The highest BCUT2D eigenvalue weighted by Crippen LogP contribution is 2.32. The molecule has 0 spiro atoms. The number of methoxy groups -OCH3 is 1. The van der Waals surface area contributed by atoms with E-state index in [-0.39, 0.29) is 0 Å². The van der Waals surface area contributed by atoms with Gasteiger partial charge in [0.05, 0.1) is 12.7 Å². The molecule has 0 aliphatic heterocycles. The Morgan fingerprint density at radius 3 is 2.56 bits per heavy atom. The Labute approximate surface area is 110 Å². The van der Waals surface area contributed by atoms with Gasteiger partial charge in [0.15, 0.2) is 0 Å². The van der Waals surface area contributed by atoms with Crippen LogP contribution in [0.25, 0.3) is 0 Å². The number of rotatable bonds is 6. The van der Waals surface area contributed by atoms with Crippen LogP contribution >= 0.6 is 0 Å². The Hall–Kier alpha value is -1.06. The summed E-state index contributed by atoms with van der Waals surface area (Å²) in [5.74, 6) is 0.789. The van der Waals surface area contributed by atoms with E-state index in [0.29, 0.717) is 18.9 Å². The summed E-state index contributed by atoms with van der Waals surface area (Å²) >= 11 is 0. The van der Waals surface area contributed by atoms with E-state index in [0.717, 1.165) is 11.3 Å². The van der Waals surface area contributed by atoms with Gasteiger partial charge in [-0.15, -0.1) is 0 Å². The van der Waals surface area contributed by atoms with Gasteiger partial charge >= 0.3 is 0 Å². The molecule has 1 rings (SSSR count). The molecule has 0 amide bonds. The largest absolute Gasteiger partial charge is 0.497 e. The van der Waals surface area contributed by atoms with Crippen LogP contribution in [0.1, 0.15) is 32.3 Å². The molecule has 0 saturated heterocycles. The fraction of sp³-hybridized carbons (Fsp3) is 0.600. The average molecular weight is 251 g/mol. The summed E-state index contributed by atoms with van der Waals surface area (Å²) in [6, 6.07) is 8.03. The monoisotopic (exact) mass is 251 g/mol. The van der Waals surface area contributed by atoms with Crippen LogP contribution in [-0.2, 0) is 5.60 Å². The van der Waals surface area contributed by atoms with Crippen molar-refractivity contribution in [2.45, 2.75) is 38.3 Å². The van der Waals surface area contributed by atoms with Crippen LogP contribution in [0, 0.1) is 0 Å². The first kappa shape index (κ1) is 15.0. The van der Waals surface area contributed by atoms with Gasteiger partial charge in [-0.3, -0.25) is 0 Å². The zero-order chi connectivity index (χ0) is 13.8. The summed E-state index contributed by atoms with van der Waals surface area (Å²) in [4.78, 5) is 2.13. The van der Waals surface area contributed by atoms with E-state index < -0.39 is 5.60 Å². The van der Waals surface area contributed by atoms with Gasteiger partial charge in [0, 0.05) is 6.04 Å². The standard InChI is InChI=1S/C15H25NO2/c1-6-15(17,11-12(2)16(3)4)13-8-7-9-14(10-13)18-5/h7-10,12,17H,6,11H2,1-5H3/t12?,15-/m1/s1. The van der Waals surface area contributed by atoms with Gasteiger partial charge in [0.1, 0.15) is 5.75 Å². The average Bonchev–Trinajstić information content (AvgIpc) is 2.38. The molecule has 1 aromatic carbocycles. The maximum atomic E-state index is 10.8. The van der Waals surface area contributed by atoms with Gasteiger partial charge in [0.25, 0.3) is 0 Å². The number of ether oxygens (including phenoxy) is 1. The number of aliphatic hydroxyl groups is 1. The second-order valence-corrected chi connectivity index (χ2v) is 5.13. The van der Waals surface area contributed by atoms with Gasteiger partial charge in [-0.05, 0) is 51.6 Å². The lowest BCUT2D eigenvalue weighted by atomic mass is 9.85.